The molecule has 0 atom stereocenters. The summed E-state index contributed by atoms with van der Waals surface area (Å²) in [6, 6.07) is 9.92. The molecular weight excluding hydrogens is 340 g/mol. The van der Waals surface area contributed by atoms with Crippen LogP contribution in [0.3, 0.4) is 0 Å². The second-order valence-electron chi connectivity index (χ2n) is 5.13. The van der Waals surface area contributed by atoms with Crippen LogP contribution in [-0.2, 0) is 22.2 Å². The fraction of sp³-hybridized carbons (Fsp3) is 0.176. The van der Waals surface area contributed by atoms with Gasteiger partial charge in [-0.05, 0) is 36.2 Å². The van der Waals surface area contributed by atoms with E-state index < -0.39 is 29.4 Å². The quantitative estimate of drug-likeness (QED) is 0.655. The van der Waals surface area contributed by atoms with Gasteiger partial charge in [-0.25, -0.2) is 4.39 Å². The van der Waals surface area contributed by atoms with Crippen LogP contribution >= 0.6 is 0 Å². The summed E-state index contributed by atoms with van der Waals surface area (Å²) in [5, 5.41) is 4.37. The summed E-state index contributed by atoms with van der Waals surface area (Å²) in [7, 11) is 0. The third kappa shape index (κ3) is 5.30. The van der Waals surface area contributed by atoms with Crippen molar-refractivity contribution in [3.8, 4) is 0 Å². The number of anilines is 1. The first-order valence-electron chi connectivity index (χ1n) is 7.27. The van der Waals surface area contributed by atoms with Crippen LogP contribution in [0.25, 0.3) is 0 Å². The molecule has 132 valence electrons. The van der Waals surface area contributed by atoms with E-state index in [0.717, 1.165) is 18.2 Å². The van der Waals surface area contributed by atoms with E-state index in [0.29, 0.717) is 5.56 Å². The number of benzene rings is 2. The number of rotatable bonds is 4. The van der Waals surface area contributed by atoms with Gasteiger partial charge in [-0.15, -0.1) is 0 Å². The molecule has 0 aliphatic carbocycles. The van der Waals surface area contributed by atoms with E-state index in [2.05, 4.69) is 10.6 Å². The number of halogens is 4. The lowest BCUT2D eigenvalue weighted by Crippen LogP contribution is -2.36. The van der Waals surface area contributed by atoms with Gasteiger partial charge in [0.1, 0.15) is 5.82 Å². The van der Waals surface area contributed by atoms with Gasteiger partial charge >= 0.3 is 18.0 Å². The summed E-state index contributed by atoms with van der Waals surface area (Å²) in [5.74, 6) is -2.55. The molecule has 0 saturated carbocycles. The number of hydrogen-bond acceptors (Lipinski definition) is 2. The molecule has 2 aromatic rings. The Balaban J connectivity index is 1.88. The summed E-state index contributed by atoms with van der Waals surface area (Å²) < 4.78 is 51.2. The van der Waals surface area contributed by atoms with Crippen LogP contribution in [0.1, 0.15) is 11.1 Å². The van der Waals surface area contributed by atoms with Crippen LogP contribution in [-0.4, -0.2) is 18.4 Å². The molecule has 0 aromatic heterocycles. The minimum atomic E-state index is -4.55. The summed E-state index contributed by atoms with van der Waals surface area (Å²) in [4.78, 5) is 23.4. The molecule has 0 unspecified atom stereocenters. The Kier molecular flexibility index (Phi) is 5.74. The predicted molar refractivity (Wildman–Crippen MR) is 83.2 cm³/mol. The van der Waals surface area contributed by atoms with Gasteiger partial charge in [0.2, 0.25) is 0 Å². The van der Waals surface area contributed by atoms with Gasteiger partial charge in [0.05, 0.1) is 5.56 Å². The maximum atomic E-state index is 13.4. The normalized spacial score (nSPS) is 11.0. The van der Waals surface area contributed by atoms with Crippen molar-refractivity contribution in [1.82, 2.24) is 5.32 Å². The third-order valence-corrected chi connectivity index (χ3v) is 3.29. The molecule has 0 spiro atoms. The number of hydrogen-bond donors (Lipinski definition) is 2. The molecule has 2 N–H and O–H groups in total. The van der Waals surface area contributed by atoms with Gasteiger partial charge in [0, 0.05) is 12.2 Å². The van der Waals surface area contributed by atoms with Gasteiger partial charge in [0.25, 0.3) is 0 Å². The standard InChI is InChI=1S/C17H14F4N2O2/c18-14-7-2-1-4-11(14)8-9-22-15(24)16(25)23-13-6-3-5-12(10-13)17(19,20)21/h1-7,10H,8-9H2,(H,22,24)(H,23,25). The Morgan fingerprint density at radius 1 is 0.960 bits per heavy atom. The molecule has 0 aliphatic rings. The highest BCUT2D eigenvalue weighted by atomic mass is 19.4. The summed E-state index contributed by atoms with van der Waals surface area (Å²) in [6.07, 6.45) is -4.38. The van der Waals surface area contributed by atoms with E-state index >= 15 is 0 Å². The lowest BCUT2D eigenvalue weighted by atomic mass is 10.1. The molecule has 0 bridgehead atoms. The molecule has 0 radical (unpaired) electrons. The van der Waals surface area contributed by atoms with Gasteiger partial charge in [-0.3, -0.25) is 9.59 Å². The Morgan fingerprint density at radius 2 is 1.68 bits per heavy atom. The smallest absolute Gasteiger partial charge is 0.347 e. The zero-order valence-electron chi connectivity index (χ0n) is 12.9. The van der Waals surface area contributed by atoms with Crippen molar-refractivity contribution >= 4 is 17.5 Å². The fourth-order valence-electron chi connectivity index (χ4n) is 2.05. The van der Waals surface area contributed by atoms with Crippen LogP contribution in [0, 0.1) is 5.82 Å². The van der Waals surface area contributed by atoms with Gasteiger partial charge in [0.15, 0.2) is 0 Å². The Hall–Kier alpha value is -2.90. The van der Waals surface area contributed by atoms with Gasteiger partial charge in [-0.2, -0.15) is 13.2 Å². The second kappa shape index (κ2) is 7.78. The lowest BCUT2D eigenvalue weighted by molar-refractivity contribution is -0.137. The number of alkyl halides is 3. The Labute approximate surface area is 140 Å². The van der Waals surface area contributed by atoms with Crippen molar-refractivity contribution in [2.75, 3.05) is 11.9 Å². The maximum Gasteiger partial charge on any atom is 0.416 e. The molecule has 4 nitrogen and oxygen atoms in total. The number of amides is 2. The molecule has 0 fully saturated rings. The van der Waals surface area contributed by atoms with Gasteiger partial charge in [-0.1, -0.05) is 24.3 Å². The molecule has 8 heteroatoms. The summed E-state index contributed by atoms with van der Waals surface area (Å²) in [6.45, 7) is 0.00970. The summed E-state index contributed by atoms with van der Waals surface area (Å²) in [5.41, 5.74) is -0.713. The van der Waals surface area contributed by atoms with Crippen LogP contribution in [0.15, 0.2) is 48.5 Å². The van der Waals surface area contributed by atoms with Crippen molar-refractivity contribution in [3.63, 3.8) is 0 Å². The number of nitrogens with one attached hydrogen (secondary N) is 2. The zero-order chi connectivity index (χ0) is 18.4. The van der Waals surface area contributed by atoms with Gasteiger partial charge < -0.3 is 10.6 Å². The first kappa shape index (κ1) is 18.4. The van der Waals surface area contributed by atoms with E-state index in [1.54, 1.807) is 12.1 Å². The molecule has 2 aromatic carbocycles. The van der Waals surface area contributed by atoms with Crippen molar-refractivity contribution in [1.29, 1.82) is 0 Å². The number of carbonyl (C=O) groups excluding carboxylic acids is 2. The monoisotopic (exact) mass is 354 g/mol. The molecular formula is C17H14F4N2O2. The summed E-state index contributed by atoms with van der Waals surface area (Å²) >= 11 is 0. The van der Waals surface area contributed by atoms with Crippen molar-refractivity contribution in [2.24, 2.45) is 0 Å². The van der Waals surface area contributed by atoms with E-state index in [4.69, 9.17) is 0 Å². The Bertz CT molecular complexity index is 775. The topological polar surface area (TPSA) is 58.2 Å². The first-order chi connectivity index (χ1) is 11.8. The van der Waals surface area contributed by atoms with Crippen LogP contribution in [0.4, 0.5) is 23.2 Å². The highest BCUT2D eigenvalue weighted by Crippen LogP contribution is 2.30. The second-order valence-corrected chi connectivity index (χ2v) is 5.13. The fourth-order valence-corrected chi connectivity index (χ4v) is 2.05. The van der Waals surface area contributed by atoms with E-state index in [1.165, 1.54) is 18.2 Å². The largest absolute Gasteiger partial charge is 0.416 e. The zero-order valence-corrected chi connectivity index (χ0v) is 12.9. The van der Waals surface area contributed by atoms with Crippen molar-refractivity contribution < 1.29 is 27.2 Å². The molecule has 25 heavy (non-hydrogen) atoms. The molecule has 2 amide bonds. The SMILES string of the molecule is O=C(NCCc1ccccc1F)C(=O)Nc1cccc(C(F)(F)F)c1. The average Bonchev–Trinajstić information content (AvgIpc) is 2.56. The van der Waals surface area contributed by atoms with Crippen LogP contribution < -0.4 is 10.6 Å². The third-order valence-electron chi connectivity index (χ3n) is 3.29. The van der Waals surface area contributed by atoms with E-state index in [1.807, 2.05) is 0 Å². The maximum absolute atomic E-state index is 13.4. The Morgan fingerprint density at radius 3 is 2.36 bits per heavy atom. The first-order valence-corrected chi connectivity index (χ1v) is 7.27. The highest BCUT2D eigenvalue weighted by Gasteiger charge is 2.30. The lowest BCUT2D eigenvalue weighted by Gasteiger charge is -2.10. The minimum Gasteiger partial charge on any atom is -0.347 e. The van der Waals surface area contributed by atoms with Crippen LogP contribution in [0.5, 0.6) is 0 Å². The average molecular weight is 354 g/mol. The molecule has 0 aliphatic heterocycles. The van der Waals surface area contributed by atoms with Crippen molar-refractivity contribution in [2.45, 2.75) is 12.6 Å². The van der Waals surface area contributed by atoms with E-state index in [-0.39, 0.29) is 18.7 Å². The number of carbonyl (C=O) groups is 2. The molecule has 2 rings (SSSR count). The molecule has 0 saturated heterocycles. The van der Waals surface area contributed by atoms with E-state index in [9.17, 15) is 27.2 Å². The van der Waals surface area contributed by atoms with Crippen LogP contribution in [0.2, 0.25) is 0 Å². The highest BCUT2D eigenvalue weighted by molar-refractivity contribution is 6.39. The van der Waals surface area contributed by atoms with Crippen molar-refractivity contribution in [3.05, 3.63) is 65.5 Å². The minimum absolute atomic E-state index is 0.00970. The predicted octanol–water partition coefficient (Wildman–Crippen LogP) is 3.14. The molecule has 0 heterocycles.